The van der Waals surface area contributed by atoms with Crippen LogP contribution >= 0.6 is 0 Å². The van der Waals surface area contributed by atoms with Gasteiger partial charge >= 0.3 is 0 Å². The molecule has 2 N–H and O–H groups in total. The second-order valence-electron chi connectivity index (χ2n) is 6.19. The SMILES string of the molecule is Cc1ccc(C(=O)N[C@@H](Cc2ccccc2)C(=O)NC2CC2)cn1. The number of hydrogen-bond acceptors (Lipinski definition) is 3. The number of benzene rings is 1. The minimum atomic E-state index is -0.596. The van der Waals surface area contributed by atoms with E-state index in [9.17, 15) is 9.59 Å². The molecule has 1 fully saturated rings. The monoisotopic (exact) mass is 323 g/mol. The van der Waals surface area contributed by atoms with Crippen LogP contribution in [0.3, 0.4) is 0 Å². The average molecular weight is 323 g/mol. The zero-order valence-corrected chi connectivity index (χ0v) is 13.7. The highest BCUT2D eigenvalue weighted by molar-refractivity contribution is 5.97. The van der Waals surface area contributed by atoms with E-state index in [0.29, 0.717) is 12.0 Å². The minimum absolute atomic E-state index is 0.130. The van der Waals surface area contributed by atoms with Crippen LogP contribution < -0.4 is 10.6 Å². The first-order valence-electron chi connectivity index (χ1n) is 8.19. The summed E-state index contributed by atoms with van der Waals surface area (Å²) in [5.41, 5.74) is 2.31. The molecule has 1 heterocycles. The van der Waals surface area contributed by atoms with Gasteiger partial charge in [0.15, 0.2) is 0 Å². The van der Waals surface area contributed by atoms with Crippen LogP contribution in [0.4, 0.5) is 0 Å². The summed E-state index contributed by atoms with van der Waals surface area (Å²) in [5.74, 6) is -0.413. The Labute approximate surface area is 141 Å². The highest BCUT2D eigenvalue weighted by atomic mass is 16.2. The molecule has 1 aliphatic carbocycles. The third-order valence-corrected chi connectivity index (χ3v) is 4.00. The van der Waals surface area contributed by atoms with Crippen molar-refractivity contribution in [3.8, 4) is 0 Å². The van der Waals surface area contributed by atoms with Crippen molar-refractivity contribution in [1.82, 2.24) is 15.6 Å². The number of aromatic nitrogens is 1. The third-order valence-electron chi connectivity index (χ3n) is 4.00. The number of nitrogens with one attached hydrogen (secondary N) is 2. The summed E-state index contributed by atoms with van der Waals surface area (Å²) in [5, 5.41) is 5.81. The first-order valence-corrected chi connectivity index (χ1v) is 8.19. The smallest absolute Gasteiger partial charge is 0.253 e. The van der Waals surface area contributed by atoms with E-state index in [1.165, 1.54) is 6.20 Å². The number of aryl methyl sites for hydroxylation is 1. The Morgan fingerprint density at radius 3 is 2.54 bits per heavy atom. The molecule has 0 saturated heterocycles. The number of amides is 2. The predicted molar refractivity (Wildman–Crippen MR) is 91.5 cm³/mol. The quantitative estimate of drug-likeness (QED) is 0.854. The molecule has 1 aliphatic rings. The van der Waals surface area contributed by atoms with E-state index in [-0.39, 0.29) is 17.9 Å². The molecule has 1 aromatic heterocycles. The number of nitrogens with zero attached hydrogens (tertiary/aromatic N) is 1. The summed E-state index contributed by atoms with van der Waals surface area (Å²) in [6, 6.07) is 12.9. The van der Waals surface area contributed by atoms with E-state index >= 15 is 0 Å². The van der Waals surface area contributed by atoms with Crippen molar-refractivity contribution in [3.05, 3.63) is 65.5 Å². The molecule has 1 saturated carbocycles. The zero-order chi connectivity index (χ0) is 16.9. The summed E-state index contributed by atoms with van der Waals surface area (Å²) in [7, 11) is 0. The summed E-state index contributed by atoms with van der Waals surface area (Å²) in [6.45, 7) is 1.86. The Morgan fingerprint density at radius 1 is 1.17 bits per heavy atom. The summed E-state index contributed by atoms with van der Waals surface area (Å²) >= 11 is 0. The molecule has 24 heavy (non-hydrogen) atoms. The van der Waals surface area contributed by atoms with Gasteiger partial charge in [-0.2, -0.15) is 0 Å². The van der Waals surface area contributed by atoms with Crippen LogP contribution in [0.15, 0.2) is 48.7 Å². The van der Waals surface area contributed by atoms with Gasteiger partial charge in [-0.05, 0) is 37.5 Å². The van der Waals surface area contributed by atoms with Gasteiger partial charge in [0.05, 0.1) is 5.56 Å². The fraction of sp³-hybridized carbons (Fsp3) is 0.316. The van der Waals surface area contributed by atoms with Crippen LogP contribution in [-0.4, -0.2) is 28.9 Å². The molecule has 0 spiro atoms. The fourth-order valence-electron chi connectivity index (χ4n) is 2.43. The highest BCUT2D eigenvalue weighted by Crippen LogP contribution is 2.19. The van der Waals surface area contributed by atoms with Crippen molar-refractivity contribution in [1.29, 1.82) is 0 Å². The Hall–Kier alpha value is -2.69. The van der Waals surface area contributed by atoms with Crippen molar-refractivity contribution >= 4 is 11.8 Å². The average Bonchev–Trinajstić information content (AvgIpc) is 3.39. The van der Waals surface area contributed by atoms with Crippen LogP contribution in [0, 0.1) is 6.92 Å². The van der Waals surface area contributed by atoms with Gasteiger partial charge in [-0.1, -0.05) is 30.3 Å². The topological polar surface area (TPSA) is 71.1 Å². The maximum absolute atomic E-state index is 12.5. The molecule has 0 radical (unpaired) electrons. The first-order chi connectivity index (χ1) is 11.6. The molecule has 2 aromatic rings. The van der Waals surface area contributed by atoms with Crippen molar-refractivity contribution in [3.63, 3.8) is 0 Å². The number of pyridine rings is 1. The first kappa shape index (κ1) is 16.2. The van der Waals surface area contributed by atoms with Gasteiger partial charge in [-0.3, -0.25) is 14.6 Å². The van der Waals surface area contributed by atoms with E-state index in [2.05, 4.69) is 15.6 Å². The molecule has 3 rings (SSSR count). The van der Waals surface area contributed by atoms with Gasteiger partial charge in [0, 0.05) is 24.4 Å². The van der Waals surface area contributed by atoms with Crippen LogP contribution in [0.2, 0.25) is 0 Å². The van der Waals surface area contributed by atoms with Crippen molar-refractivity contribution in [2.24, 2.45) is 0 Å². The van der Waals surface area contributed by atoms with Gasteiger partial charge in [-0.25, -0.2) is 0 Å². The summed E-state index contributed by atoms with van der Waals surface area (Å²) in [4.78, 5) is 29.0. The van der Waals surface area contributed by atoms with Crippen molar-refractivity contribution in [2.45, 2.75) is 38.3 Å². The minimum Gasteiger partial charge on any atom is -0.352 e. The van der Waals surface area contributed by atoms with Crippen molar-refractivity contribution in [2.75, 3.05) is 0 Å². The number of rotatable bonds is 6. The maximum atomic E-state index is 12.5. The van der Waals surface area contributed by atoms with E-state index in [1.807, 2.05) is 37.3 Å². The maximum Gasteiger partial charge on any atom is 0.253 e. The molecular weight excluding hydrogens is 302 g/mol. The Balaban J connectivity index is 1.71. The zero-order valence-electron chi connectivity index (χ0n) is 13.7. The Kier molecular flexibility index (Phi) is 4.89. The largest absolute Gasteiger partial charge is 0.352 e. The molecule has 0 unspecified atom stereocenters. The lowest BCUT2D eigenvalue weighted by Crippen LogP contribution is -2.48. The second-order valence-corrected chi connectivity index (χ2v) is 6.19. The third kappa shape index (κ3) is 4.41. The fourth-order valence-corrected chi connectivity index (χ4v) is 2.43. The molecule has 1 atom stereocenters. The summed E-state index contributed by atoms with van der Waals surface area (Å²) in [6.07, 6.45) is 4.02. The second kappa shape index (κ2) is 7.25. The molecule has 1 aromatic carbocycles. The number of carbonyl (C=O) groups excluding carboxylic acids is 2. The molecule has 5 heteroatoms. The lowest BCUT2D eigenvalue weighted by molar-refractivity contribution is -0.123. The van der Waals surface area contributed by atoms with Crippen molar-refractivity contribution < 1.29 is 9.59 Å². The molecular formula is C19H21N3O2. The normalized spacial score (nSPS) is 14.7. The van der Waals surface area contributed by atoms with Crippen LogP contribution in [0.5, 0.6) is 0 Å². The van der Waals surface area contributed by atoms with Gasteiger partial charge in [-0.15, -0.1) is 0 Å². The Bertz CT molecular complexity index is 709. The van der Waals surface area contributed by atoms with Crippen LogP contribution in [0.1, 0.15) is 34.5 Å². The Morgan fingerprint density at radius 2 is 1.92 bits per heavy atom. The lowest BCUT2D eigenvalue weighted by atomic mass is 10.0. The van der Waals surface area contributed by atoms with E-state index < -0.39 is 6.04 Å². The van der Waals surface area contributed by atoms with E-state index in [4.69, 9.17) is 0 Å². The van der Waals surface area contributed by atoms with E-state index in [1.54, 1.807) is 12.1 Å². The van der Waals surface area contributed by atoms with Gasteiger partial charge < -0.3 is 10.6 Å². The van der Waals surface area contributed by atoms with Crippen LogP contribution in [-0.2, 0) is 11.2 Å². The van der Waals surface area contributed by atoms with Gasteiger partial charge in [0.2, 0.25) is 5.91 Å². The van der Waals surface area contributed by atoms with Gasteiger partial charge in [0.25, 0.3) is 5.91 Å². The molecule has 0 bridgehead atoms. The number of carbonyl (C=O) groups is 2. The molecule has 5 nitrogen and oxygen atoms in total. The molecule has 2 amide bonds. The highest BCUT2D eigenvalue weighted by Gasteiger charge is 2.28. The van der Waals surface area contributed by atoms with Gasteiger partial charge in [0.1, 0.15) is 6.04 Å². The van der Waals surface area contributed by atoms with E-state index in [0.717, 1.165) is 24.1 Å². The molecule has 0 aliphatic heterocycles. The predicted octanol–water partition coefficient (Wildman–Crippen LogP) is 2.01. The number of hydrogen-bond donors (Lipinski definition) is 2. The summed E-state index contributed by atoms with van der Waals surface area (Å²) < 4.78 is 0. The van der Waals surface area contributed by atoms with Crippen LogP contribution in [0.25, 0.3) is 0 Å². The standard InChI is InChI=1S/C19H21N3O2/c1-13-7-8-15(12-20-13)18(23)22-17(19(24)21-16-9-10-16)11-14-5-3-2-4-6-14/h2-8,12,16-17H,9-11H2,1H3,(H,21,24)(H,22,23)/t17-/m0/s1. The molecule has 124 valence electrons. The lowest BCUT2D eigenvalue weighted by Gasteiger charge is -2.18.